The summed E-state index contributed by atoms with van der Waals surface area (Å²) in [5.74, 6) is 0. The molecule has 0 aliphatic carbocycles. The Morgan fingerprint density at radius 1 is 0.394 bits per heavy atom. The molecule has 8 rings (SSSR count). The van der Waals surface area contributed by atoms with Gasteiger partial charge >= 0.3 is 0 Å². The molecule has 2 saturated heterocycles. The lowest BCUT2D eigenvalue weighted by Gasteiger charge is -2.50. The van der Waals surface area contributed by atoms with Crippen LogP contribution < -0.4 is 0 Å². The second-order valence-corrected chi connectivity index (χ2v) is 17.3. The van der Waals surface area contributed by atoms with Gasteiger partial charge in [0.2, 0.25) is 0 Å². The molecule has 11 heteroatoms. The van der Waals surface area contributed by atoms with E-state index in [-0.39, 0.29) is 39.6 Å². The largest absolute Gasteiger partial charge is 0.394 e. The minimum absolute atomic E-state index is 0.236. The zero-order valence-corrected chi connectivity index (χ0v) is 38.1. The third-order valence-electron chi connectivity index (χ3n) is 11.7. The Labute approximate surface area is 393 Å². The first-order valence-corrected chi connectivity index (χ1v) is 23.9. The molecule has 0 aromatic heterocycles. The standard InChI is InChI=1S/C55H60O10S/c1-66-55-53(51(61-37-44-28-16-6-17-29-44)49(59-35-42-24-12-4-13-25-42)47(64-55)39-57-33-40-20-8-2-9-21-40)65-54-52(62-38-45-30-18-7-19-31-45)50(60-36-43-26-14-5-15-27-43)48(46(32-56)63-54)58-34-41-22-10-3-11-23-41/h2-31,46-56H,32-39H2,1H3/t46?,47?,48-,49-,50+,51+,52?,53?,54-,55-/m1/s1. The quantitative estimate of drug-likeness (QED) is 0.0666. The number of hydrogen-bond acceptors (Lipinski definition) is 11. The molecule has 0 amide bonds. The van der Waals surface area contributed by atoms with Gasteiger partial charge in [-0.3, -0.25) is 0 Å². The van der Waals surface area contributed by atoms with Gasteiger partial charge in [0.1, 0.15) is 54.3 Å². The summed E-state index contributed by atoms with van der Waals surface area (Å²) in [6.45, 7) is 1.64. The van der Waals surface area contributed by atoms with Crippen LogP contribution in [0.2, 0.25) is 0 Å². The third-order valence-corrected chi connectivity index (χ3v) is 12.5. The first-order valence-electron chi connectivity index (χ1n) is 22.6. The second kappa shape index (κ2) is 25.4. The number of aliphatic hydroxyl groups is 1. The molecular weight excluding hydrogens is 853 g/mol. The van der Waals surface area contributed by atoms with E-state index >= 15 is 0 Å². The lowest BCUT2D eigenvalue weighted by atomic mass is 9.96. The molecule has 2 heterocycles. The number of aliphatic hydroxyl groups excluding tert-OH is 1. The van der Waals surface area contributed by atoms with Crippen molar-refractivity contribution in [2.24, 2.45) is 0 Å². The molecule has 6 aromatic rings. The molecule has 0 saturated carbocycles. The van der Waals surface area contributed by atoms with Crippen molar-refractivity contribution in [2.75, 3.05) is 19.5 Å². The van der Waals surface area contributed by atoms with Gasteiger partial charge in [0.15, 0.2) is 6.29 Å². The van der Waals surface area contributed by atoms with E-state index in [1.807, 2.05) is 188 Å². The molecule has 0 radical (unpaired) electrons. The Balaban J connectivity index is 1.14. The van der Waals surface area contributed by atoms with Gasteiger partial charge in [0.05, 0.1) is 52.9 Å². The zero-order valence-electron chi connectivity index (χ0n) is 37.3. The average molecular weight is 913 g/mol. The van der Waals surface area contributed by atoms with Gasteiger partial charge in [-0.2, -0.15) is 0 Å². The van der Waals surface area contributed by atoms with Gasteiger partial charge in [0, 0.05) is 0 Å². The van der Waals surface area contributed by atoms with Gasteiger partial charge in [-0.25, -0.2) is 0 Å². The molecule has 346 valence electrons. The molecule has 6 aromatic carbocycles. The Morgan fingerprint density at radius 3 is 1.11 bits per heavy atom. The lowest BCUT2D eigenvalue weighted by molar-refractivity contribution is -0.356. The highest BCUT2D eigenvalue weighted by molar-refractivity contribution is 7.99. The minimum Gasteiger partial charge on any atom is -0.394 e. The van der Waals surface area contributed by atoms with Gasteiger partial charge < -0.3 is 47.7 Å². The molecule has 10 atom stereocenters. The average Bonchev–Trinajstić information content (AvgIpc) is 3.38. The second-order valence-electron chi connectivity index (χ2n) is 16.4. The lowest BCUT2D eigenvalue weighted by Crippen LogP contribution is -2.65. The number of thioether (sulfide) groups is 1. The van der Waals surface area contributed by atoms with Crippen molar-refractivity contribution in [3.63, 3.8) is 0 Å². The summed E-state index contributed by atoms with van der Waals surface area (Å²) in [7, 11) is 0. The Hall–Kier alpha value is -4.73. The van der Waals surface area contributed by atoms with Crippen LogP contribution in [0.4, 0.5) is 0 Å². The summed E-state index contributed by atoms with van der Waals surface area (Å²) >= 11 is 1.51. The van der Waals surface area contributed by atoms with E-state index in [0.717, 1.165) is 33.4 Å². The zero-order chi connectivity index (χ0) is 45.2. The van der Waals surface area contributed by atoms with Crippen molar-refractivity contribution >= 4 is 11.8 Å². The van der Waals surface area contributed by atoms with E-state index in [9.17, 15) is 5.11 Å². The number of ether oxygens (including phenoxy) is 9. The predicted molar refractivity (Wildman–Crippen MR) is 254 cm³/mol. The highest BCUT2D eigenvalue weighted by Gasteiger charge is 2.54. The molecule has 0 bridgehead atoms. The number of hydrogen-bond donors (Lipinski definition) is 1. The van der Waals surface area contributed by atoms with E-state index in [0.29, 0.717) is 13.2 Å². The Morgan fingerprint density at radius 2 is 0.727 bits per heavy atom. The van der Waals surface area contributed by atoms with Crippen LogP contribution in [-0.2, 0) is 82.3 Å². The van der Waals surface area contributed by atoms with E-state index < -0.39 is 60.6 Å². The van der Waals surface area contributed by atoms with Crippen molar-refractivity contribution in [2.45, 2.75) is 100 Å². The molecule has 0 spiro atoms. The minimum atomic E-state index is -1.07. The van der Waals surface area contributed by atoms with Gasteiger partial charge in [0.25, 0.3) is 0 Å². The summed E-state index contributed by atoms with van der Waals surface area (Å²) in [4.78, 5) is 0. The summed E-state index contributed by atoms with van der Waals surface area (Å²) in [6, 6.07) is 60.0. The summed E-state index contributed by atoms with van der Waals surface area (Å²) < 4.78 is 61.9. The maximum atomic E-state index is 11.1. The first kappa shape index (κ1) is 47.8. The molecule has 4 unspecified atom stereocenters. The first-order chi connectivity index (χ1) is 32.6. The molecule has 2 fully saturated rings. The summed E-state index contributed by atoms with van der Waals surface area (Å²) in [6.07, 6.45) is -4.90. The van der Waals surface area contributed by atoms with Crippen LogP contribution in [0.25, 0.3) is 0 Å². The fourth-order valence-corrected chi connectivity index (χ4v) is 9.04. The summed E-state index contributed by atoms with van der Waals surface area (Å²) in [5, 5.41) is 11.1. The fraction of sp³-hybridized carbons (Fsp3) is 0.345. The maximum absolute atomic E-state index is 11.1. The van der Waals surface area contributed by atoms with Crippen molar-refractivity contribution in [1.29, 1.82) is 0 Å². The van der Waals surface area contributed by atoms with Crippen molar-refractivity contribution < 1.29 is 47.7 Å². The number of benzene rings is 6. The highest BCUT2D eigenvalue weighted by Crippen LogP contribution is 2.38. The smallest absolute Gasteiger partial charge is 0.187 e. The van der Waals surface area contributed by atoms with Crippen molar-refractivity contribution in [3.05, 3.63) is 215 Å². The normalized spacial score (nSPS) is 25.4. The van der Waals surface area contributed by atoms with Crippen LogP contribution in [0.5, 0.6) is 0 Å². The van der Waals surface area contributed by atoms with Crippen LogP contribution in [0.3, 0.4) is 0 Å². The topological polar surface area (TPSA) is 103 Å². The van der Waals surface area contributed by atoms with Crippen LogP contribution in [0, 0.1) is 0 Å². The van der Waals surface area contributed by atoms with Crippen molar-refractivity contribution in [1.82, 2.24) is 0 Å². The number of rotatable bonds is 23. The van der Waals surface area contributed by atoms with E-state index in [1.54, 1.807) is 0 Å². The Kier molecular flexibility index (Phi) is 18.4. The maximum Gasteiger partial charge on any atom is 0.187 e. The van der Waals surface area contributed by atoms with Crippen LogP contribution >= 0.6 is 11.8 Å². The fourth-order valence-electron chi connectivity index (χ4n) is 8.30. The molecule has 1 N–H and O–H groups in total. The molecule has 2 aliphatic heterocycles. The predicted octanol–water partition coefficient (Wildman–Crippen LogP) is 9.32. The van der Waals surface area contributed by atoms with Gasteiger partial charge in [-0.1, -0.05) is 182 Å². The molecular formula is C55H60O10S. The van der Waals surface area contributed by atoms with E-state index in [4.69, 9.17) is 42.6 Å². The highest BCUT2D eigenvalue weighted by atomic mass is 32.2. The van der Waals surface area contributed by atoms with E-state index in [1.165, 1.54) is 11.8 Å². The Bertz CT molecular complexity index is 2230. The van der Waals surface area contributed by atoms with Crippen LogP contribution in [0.1, 0.15) is 33.4 Å². The van der Waals surface area contributed by atoms with Gasteiger partial charge in [-0.05, 0) is 39.6 Å². The molecule has 2 aliphatic rings. The SMILES string of the molecule is CS[C@H]1OC(COCc2ccccc2)[C@@H](OCc2ccccc2)[C@H](OCc2ccccc2)C1O[C@H]1OC(CO)[C@@H](OCc2ccccc2)[C@H](OCc2ccccc2)C1OCc1ccccc1. The molecule has 10 nitrogen and oxygen atoms in total. The monoisotopic (exact) mass is 912 g/mol. The van der Waals surface area contributed by atoms with Gasteiger partial charge in [-0.15, -0.1) is 11.8 Å². The summed E-state index contributed by atoms with van der Waals surface area (Å²) in [5.41, 5.74) is 5.40. The molecule has 66 heavy (non-hydrogen) atoms. The van der Waals surface area contributed by atoms with E-state index in [2.05, 4.69) is 0 Å². The van der Waals surface area contributed by atoms with Crippen molar-refractivity contribution in [3.8, 4) is 0 Å². The van der Waals surface area contributed by atoms with Crippen LogP contribution in [0.15, 0.2) is 182 Å². The third kappa shape index (κ3) is 13.5. The van der Waals surface area contributed by atoms with Crippen LogP contribution in [-0.4, -0.2) is 85.1 Å².